The van der Waals surface area contributed by atoms with Crippen molar-refractivity contribution in [1.82, 2.24) is 14.1 Å². The Labute approximate surface area is 189 Å². The average Bonchev–Trinajstić information content (AvgIpc) is 3.30. The molecule has 2 fully saturated rings. The van der Waals surface area contributed by atoms with E-state index in [0.29, 0.717) is 24.6 Å². The van der Waals surface area contributed by atoms with Crippen LogP contribution in [0.15, 0.2) is 58.4 Å². The largest absolute Gasteiger partial charge is 0.339 e. The van der Waals surface area contributed by atoms with E-state index in [0.717, 1.165) is 43.3 Å². The SMILES string of the molecule is N#Cc1cccc(-c2ccc(S(=O)(=O)N3CCN=C3N3CCN(C4CCC4)CC3)cc2)c1. The van der Waals surface area contributed by atoms with Crippen LogP contribution in [0.4, 0.5) is 0 Å². The maximum Gasteiger partial charge on any atom is 0.266 e. The third-order valence-electron chi connectivity index (χ3n) is 6.73. The molecule has 1 aliphatic carbocycles. The fourth-order valence-electron chi connectivity index (χ4n) is 4.66. The Morgan fingerprint density at radius 2 is 1.69 bits per heavy atom. The van der Waals surface area contributed by atoms with Crippen LogP contribution in [0.2, 0.25) is 0 Å². The van der Waals surface area contributed by atoms with Crippen molar-refractivity contribution in [2.45, 2.75) is 30.2 Å². The molecule has 0 aromatic heterocycles. The average molecular weight is 450 g/mol. The van der Waals surface area contributed by atoms with Crippen molar-refractivity contribution in [1.29, 1.82) is 5.26 Å². The van der Waals surface area contributed by atoms with Crippen molar-refractivity contribution in [2.24, 2.45) is 4.99 Å². The van der Waals surface area contributed by atoms with Crippen molar-refractivity contribution in [2.75, 3.05) is 39.3 Å². The van der Waals surface area contributed by atoms with E-state index in [9.17, 15) is 8.42 Å². The molecule has 0 bridgehead atoms. The summed E-state index contributed by atoms with van der Waals surface area (Å²) in [5, 5.41) is 9.12. The molecule has 0 N–H and O–H groups in total. The molecule has 5 rings (SSSR count). The first-order valence-electron chi connectivity index (χ1n) is 11.2. The first kappa shape index (κ1) is 21.0. The van der Waals surface area contributed by atoms with Crippen molar-refractivity contribution in [3.63, 3.8) is 0 Å². The molecule has 0 spiro atoms. The minimum Gasteiger partial charge on any atom is -0.339 e. The van der Waals surface area contributed by atoms with Gasteiger partial charge in [-0.15, -0.1) is 0 Å². The molecular formula is C24H27N5O2S. The van der Waals surface area contributed by atoms with Gasteiger partial charge in [-0.1, -0.05) is 30.7 Å². The Morgan fingerprint density at radius 3 is 2.34 bits per heavy atom. The standard InChI is InChI=1S/C24H27N5O2S/c25-18-19-3-1-4-21(17-19)20-7-9-23(10-8-20)32(30,31)29-12-11-26-24(29)28-15-13-27(14-16-28)22-5-2-6-22/h1,3-4,7-10,17,22H,2,5-6,11-16H2. The van der Waals surface area contributed by atoms with Crippen molar-refractivity contribution < 1.29 is 8.42 Å². The smallest absolute Gasteiger partial charge is 0.266 e. The van der Waals surface area contributed by atoms with Crippen LogP contribution in [0.5, 0.6) is 0 Å². The van der Waals surface area contributed by atoms with Crippen LogP contribution in [-0.2, 0) is 10.0 Å². The lowest BCUT2D eigenvalue weighted by atomic mass is 9.91. The van der Waals surface area contributed by atoms with Gasteiger partial charge >= 0.3 is 0 Å². The lowest BCUT2D eigenvalue weighted by Gasteiger charge is -2.44. The minimum absolute atomic E-state index is 0.264. The second-order valence-electron chi connectivity index (χ2n) is 8.58. The maximum absolute atomic E-state index is 13.4. The summed E-state index contributed by atoms with van der Waals surface area (Å²) in [6, 6.07) is 17.0. The Bertz CT molecular complexity index is 1160. The van der Waals surface area contributed by atoms with Gasteiger partial charge in [0, 0.05) is 32.2 Å². The fraction of sp³-hybridized carbons (Fsp3) is 0.417. The van der Waals surface area contributed by atoms with Crippen molar-refractivity contribution >= 4 is 16.0 Å². The van der Waals surface area contributed by atoms with Crippen LogP contribution in [-0.4, -0.2) is 73.8 Å². The Kier molecular flexibility index (Phi) is 5.62. The highest BCUT2D eigenvalue weighted by atomic mass is 32.2. The molecule has 2 heterocycles. The topological polar surface area (TPSA) is 80.0 Å². The van der Waals surface area contributed by atoms with Crippen LogP contribution in [0.25, 0.3) is 11.1 Å². The number of benzene rings is 2. The van der Waals surface area contributed by atoms with E-state index in [1.165, 1.54) is 23.6 Å². The van der Waals surface area contributed by atoms with Gasteiger partial charge in [-0.25, -0.2) is 12.7 Å². The first-order valence-corrected chi connectivity index (χ1v) is 12.7. The molecule has 2 aromatic rings. The zero-order chi connectivity index (χ0) is 22.1. The quantitative estimate of drug-likeness (QED) is 0.717. The molecule has 3 aliphatic rings. The molecule has 2 aliphatic heterocycles. The summed E-state index contributed by atoms with van der Waals surface area (Å²) in [5.74, 6) is 0.587. The third kappa shape index (κ3) is 3.87. The summed E-state index contributed by atoms with van der Waals surface area (Å²) in [6.07, 6.45) is 3.91. The van der Waals surface area contributed by atoms with Gasteiger partial charge in [-0.3, -0.25) is 9.89 Å². The van der Waals surface area contributed by atoms with Crippen molar-refractivity contribution in [3.8, 4) is 17.2 Å². The van der Waals surface area contributed by atoms with Gasteiger partial charge < -0.3 is 4.90 Å². The number of rotatable bonds is 4. The van der Waals surface area contributed by atoms with Gasteiger partial charge in [-0.2, -0.15) is 5.26 Å². The summed E-state index contributed by atoms with van der Waals surface area (Å²) < 4.78 is 28.3. The molecule has 0 atom stereocenters. The summed E-state index contributed by atoms with van der Waals surface area (Å²) in [6.45, 7) is 4.44. The fourth-order valence-corrected chi connectivity index (χ4v) is 6.10. The predicted octanol–water partition coefficient (Wildman–Crippen LogP) is 2.76. The third-order valence-corrected chi connectivity index (χ3v) is 8.53. The van der Waals surface area contributed by atoms with E-state index < -0.39 is 10.0 Å². The van der Waals surface area contributed by atoms with E-state index >= 15 is 0 Å². The lowest BCUT2D eigenvalue weighted by molar-refractivity contribution is 0.0833. The molecule has 1 saturated carbocycles. The Morgan fingerprint density at radius 1 is 0.938 bits per heavy atom. The van der Waals surface area contributed by atoms with Gasteiger partial charge in [0.25, 0.3) is 10.0 Å². The van der Waals surface area contributed by atoms with Crippen molar-refractivity contribution in [3.05, 3.63) is 54.1 Å². The number of guanidine groups is 1. The summed E-state index contributed by atoms with van der Waals surface area (Å²) >= 11 is 0. The normalized spacial score (nSPS) is 20.0. The molecule has 2 aromatic carbocycles. The minimum atomic E-state index is -3.68. The Hall–Kier alpha value is -2.89. The summed E-state index contributed by atoms with van der Waals surface area (Å²) in [4.78, 5) is 9.49. The van der Waals surface area contributed by atoms with Gasteiger partial charge in [0.1, 0.15) is 0 Å². The summed E-state index contributed by atoms with van der Waals surface area (Å²) in [7, 11) is -3.68. The molecule has 7 nitrogen and oxygen atoms in total. The molecule has 0 radical (unpaired) electrons. The predicted molar refractivity (Wildman–Crippen MR) is 124 cm³/mol. The molecule has 32 heavy (non-hydrogen) atoms. The zero-order valence-corrected chi connectivity index (χ0v) is 18.8. The number of hydrogen-bond donors (Lipinski definition) is 0. The highest BCUT2D eigenvalue weighted by Gasteiger charge is 2.36. The number of aliphatic imine (C=N–C) groups is 1. The first-order chi connectivity index (χ1) is 15.6. The van der Waals surface area contributed by atoms with Crippen LogP contribution >= 0.6 is 0 Å². The highest BCUT2D eigenvalue weighted by molar-refractivity contribution is 7.89. The molecule has 8 heteroatoms. The number of nitrogens with zero attached hydrogens (tertiary/aromatic N) is 5. The van der Waals surface area contributed by atoms with Crippen LogP contribution in [0.1, 0.15) is 24.8 Å². The van der Waals surface area contributed by atoms with Gasteiger partial charge in [-0.05, 0) is 48.2 Å². The van der Waals surface area contributed by atoms with Crippen LogP contribution in [0.3, 0.4) is 0 Å². The lowest BCUT2D eigenvalue weighted by Crippen LogP contribution is -2.56. The molecule has 1 saturated heterocycles. The molecule has 0 amide bonds. The highest BCUT2D eigenvalue weighted by Crippen LogP contribution is 2.28. The second kappa shape index (κ2) is 8.57. The van der Waals surface area contributed by atoms with Crippen LogP contribution < -0.4 is 0 Å². The van der Waals surface area contributed by atoms with E-state index in [1.807, 2.05) is 12.1 Å². The zero-order valence-electron chi connectivity index (χ0n) is 18.0. The van der Waals surface area contributed by atoms with E-state index in [4.69, 9.17) is 5.26 Å². The molecule has 166 valence electrons. The van der Waals surface area contributed by atoms with E-state index in [2.05, 4.69) is 20.9 Å². The van der Waals surface area contributed by atoms with Crippen LogP contribution in [0, 0.1) is 11.3 Å². The number of piperazine rings is 1. The van der Waals surface area contributed by atoms with E-state index in [-0.39, 0.29) is 4.90 Å². The number of nitriles is 1. The number of hydrogen-bond acceptors (Lipinski definition) is 6. The van der Waals surface area contributed by atoms with E-state index in [1.54, 1.807) is 36.4 Å². The number of sulfonamides is 1. The molecular weight excluding hydrogens is 422 g/mol. The van der Waals surface area contributed by atoms with Gasteiger partial charge in [0.15, 0.2) is 0 Å². The van der Waals surface area contributed by atoms with Gasteiger partial charge in [0.05, 0.1) is 29.6 Å². The summed E-state index contributed by atoms with van der Waals surface area (Å²) in [5.41, 5.74) is 2.35. The molecule has 0 unspecified atom stereocenters. The Balaban J connectivity index is 1.31. The second-order valence-corrected chi connectivity index (χ2v) is 10.4. The maximum atomic E-state index is 13.4. The monoisotopic (exact) mass is 449 g/mol. The van der Waals surface area contributed by atoms with Gasteiger partial charge in [0.2, 0.25) is 5.96 Å².